The molecule has 2 fully saturated rings. The molecule has 10 heteroatoms. The maximum atomic E-state index is 13.8. The average molecular weight is 569 g/mol. The number of guanidine groups is 1. The minimum Gasteiger partial charge on any atom is -0.378 e. The van der Waals surface area contributed by atoms with Crippen LogP contribution in [0.4, 0.5) is 18.9 Å². The van der Waals surface area contributed by atoms with Crippen molar-refractivity contribution in [1.82, 2.24) is 15.5 Å². The zero-order chi connectivity index (χ0) is 22.4. The molecule has 6 nitrogen and oxygen atoms in total. The first-order valence-electron chi connectivity index (χ1n) is 11.0. The summed E-state index contributed by atoms with van der Waals surface area (Å²) in [7, 11) is 1.64. The molecule has 1 aromatic carbocycles. The Labute approximate surface area is 206 Å². The second-order valence-electron chi connectivity index (χ2n) is 8.41. The number of alkyl halides is 3. The Bertz CT molecular complexity index is 746. The van der Waals surface area contributed by atoms with E-state index in [4.69, 9.17) is 4.74 Å². The van der Waals surface area contributed by atoms with Crippen LogP contribution in [0.3, 0.4) is 0 Å². The third-order valence-electron chi connectivity index (χ3n) is 6.05. The topological polar surface area (TPSA) is 52.1 Å². The highest BCUT2D eigenvalue weighted by Crippen LogP contribution is 2.35. The molecule has 0 bridgehead atoms. The molecule has 182 valence electrons. The standard InChI is InChI=1S/C22H34F3N5O.HI/c1-16(2)29-8-6-18(7-9-29)28-21(26-3)27-15-17-4-5-19(14-20(17)22(23,24)25)30-10-12-31-13-11-30;/h4-5,14,16,18H,6-13,15H2,1-3H3,(H2,26,27,28);1H. The molecule has 1 aromatic rings. The first kappa shape index (κ1) is 27.0. The summed E-state index contributed by atoms with van der Waals surface area (Å²) in [6, 6.07) is 5.37. The van der Waals surface area contributed by atoms with Gasteiger partial charge in [0.05, 0.1) is 18.8 Å². The molecule has 2 N–H and O–H groups in total. The SMILES string of the molecule is CN=C(NCc1ccc(N2CCOCC2)cc1C(F)(F)F)NC1CCN(C(C)C)CC1.I. The number of likely N-dealkylation sites (tertiary alicyclic amines) is 1. The lowest BCUT2D eigenvalue weighted by Gasteiger charge is -2.35. The van der Waals surface area contributed by atoms with Gasteiger partial charge in [-0.15, -0.1) is 24.0 Å². The quantitative estimate of drug-likeness (QED) is 0.322. The number of morpholine rings is 1. The van der Waals surface area contributed by atoms with E-state index in [0.717, 1.165) is 25.9 Å². The summed E-state index contributed by atoms with van der Waals surface area (Å²) in [5.41, 5.74) is 0.186. The second kappa shape index (κ2) is 12.3. The number of nitrogens with one attached hydrogen (secondary N) is 2. The summed E-state index contributed by atoms with van der Waals surface area (Å²) in [4.78, 5) is 8.57. The van der Waals surface area contributed by atoms with E-state index >= 15 is 0 Å². The van der Waals surface area contributed by atoms with Gasteiger partial charge in [-0.2, -0.15) is 13.2 Å². The molecular weight excluding hydrogens is 534 g/mol. The van der Waals surface area contributed by atoms with Crippen LogP contribution in [0, 0.1) is 0 Å². The maximum absolute atomic E-state index is 13.8. The molecule has 3 rings (SSSR count). The normalized spacial score (nSPS) is 19.1. The summed E-state index contributed by atoms with van der Waals surface area (Å²) in [5.74, 6) is 0.536. The molecule has 0 unspecified atom stereocenters. The van der Waals surface area contributed by atoms with Crippen molar-refractivity contribution in [3.63, 3.8) is 0 Å². The van der Waals surface area contributed by atoms with Crippen LogP contribution in [-0.2, 0) is 17.5 Å². The Morgan fingerprint density at radius 3 is 2.38 bits per heavy atom. The monoisotopic (exact) mass is 569 g/mol. The van der Waals surface area contributed by atoms with E-state index in [-0.39, 0.29) is 42.1 Å². The van der Waals surface area contributed by atoms with Gasteiger partial charge in [-0.05, 0) is 44.4 Å². The van der Waals surface area contributed by atoms with Crippen molar-refractivity contribution in [1.29, 1.82) is 0 Å². The van der Waals surface area contributed by atoms with Crippen LogP contribution in [0.5, 0.6) is 0 Å². The summed E-state index contributed by atoms with van der Waals surface area (Å²) in [6.07, 6.45) is -2.44. The number of halogens is 4. The van der Waals surface area contributed by atoms with E-state index in [1.807, 2.05) is 4.90 Å². The maximum Gasteiger partial charge on any atom is 0.416 e. The lowest BCUT2D eigenvalue weighted by atomic mass is 10.0. The predicted molar refractivity (Wildman–Crippen MR) is 133 cm³/mol. The number of benzene rings is 1. The molecule has 0 spiro atoms. The largest absolute Gasteiger partial charge is 0.416 e. The molecule has 0 radical (unpaired) electrons. The van der Waals surface area contributed by atoms with Gasteiger partial charge in [-0.3, -0.25) is 4.99 Å². The Morgan fingerprint density at radius 1 is 1.16 bits per heavy atom. The van der Waals surface area contributed by atoms with Gasteiger partial charge in [0.15, 0.2) is 5.96 Å². The van der Waals surface area contributed by atoms with Crippen LogP contribution in [0.1, 0.15) is 37.8 Å². The van der Waals surface area contributed by atoms with Crippen molar-refractivity contribution in [2.24, 2.45) is 4.99 Å². The summed E-state index contributed by atoms with van der Waals surface area (Å²) in [5, 5.41) is 6.44. The van der Waals surface area contributed by atoms with Gasteiger partial charge >= 0.3 is 6.18 Å². The first-order chi connectivity index (χ1) is 14.8. The van der Waals surface area contributed by atoms with Gasteiger partial charge in [0.2, 0.25) is 0 Å². The Morgan fingerprint density at radius 2 is 1.81 bits per heavy atom. The number of hydrogen-bond acceptors (Lipinski definition) is 4. The van der Waals surface area contributed by atoms with E-state index < -0.39 is 11.7 Å². The third kappa shape index (κ3) is 7.38. The lowest BCUT2D eigenvalue weighted by molar-refractivity contribution is -0.138. The van der Waals surface area contributed by atoms with E-state index in [1.165, 1.54) is 6.07 Å². The van der Waals surface area contributed by atoms with Gasteiger partial charge in [-0.1, -0.05) is 6.07 Å². The van der Waals surface area contributed by atoms with E-state index in [0.29, 0.717) is 44.0 Å². The van der Waals surface area contributed by atoms with Gasteiger partial charge in [0.25, 0.3) is 0 Å². The van der Waals surface area contributed by atoms with Crippen molar-refractivity contribution < 1.29 is 17.9 Å². The van der Waals surface area contributed by atoms with Crippen LogP contribution in [0.2, 0.25) is 0 Å². The number of anilines is 1. The minimum absolute atomic E-state index is 0. The summed E-state index contributed by atoms with van der Waals surface area (Å²) >= 11 is 0. The lowest BCUT2D eigenvalue weighted by Crippen LogP contribution is -2.49. The number of ether oxygens (including phenoxy) is 1. The predicted octanol–water partition coefficient (Wildman–Crippen LogP) is 3.70. The Balaban J connectivity index is 0.00000363. The van der Waals surface area contributed by atoms with Crippen LogP contribution >= 0.6 is 24.0 Å². The van der Waals surface area contributed by atoms with Gasteiger partial charge < -0.3 is 25.2 Å². The molecular formula is C22H35F3IN5O. The first-order valence-corrected chi connectivity index (χ1v) is 11.0. The van der Waals surface area contributed by atoms with Crippen molar-refractivity contribution in [3.05, 3.63) is 29.3 Å². The molecule has 2 aliphatic heterocycles. The number of piperidine rings is 1. The van der Waals surface area contributed by atoms with Crippen molar-refractivity contribution in [2.75, 3.05) is 51.3 Å². The van der Waals surface area contributed by atoms with E-state index in [2.05, 4.69) is 34.4 Å². The van der Waals surface area contributed by atoms with Crippen molar-refractivity contribution in [3.8, 4) is 0 Å². The number of hydrogen-bond donors (Lipinski definition) is 2. The van der Waals surface area contributed by atoms with Crippen LogP contribution in [-0.4, -0.2) is 69.4 Å². The highest BCUT2D eigenvalue weighted by Gasteiger charge is 2.34. The van der Waals surface area contributed by atoms with Crippen molar-refractivity contribution in [2.45, 2.75) is 51.5 Å². The fourth-order valence-electron chi connectivity index (χ4n) is 4.13. The molecule has 32 heavy (non-hydrogen) atoms. The number of nitrogens with zero attached hydrogens (tertiary/aromatic N) is 3. The summed E-state index contributed by atoms with van der Waals surface area (Å²) in [6.45, 7) is 8.71. The Hall–Kier alpha value is -1.27. The fraction of sp³-hybridized carbons (Fsp3) is 0.682. The van der Waals surface area contributed by atoms with Crippen LogP contribution in [0.15, 0.2) is 23.2 Å². The van der Waals surface area contributed by atoms with Gasteiger partial charge in [0.1, 0.15) is 0 Å². The number of aliphatic imine (C=N–C) groups is 1. The molecule has 2 saturated heterocycles. The molecule has 0 atom stereocenters. The molecule has 0 saturated carbocycles. The average Bonchev–Trinajstić information content (AvgIpc) is 2.76. The fourth-order valence-corrected chi connectivity index (χ4v) is 4.13. The second-order valence-corrected chi connectivity index (χ2v) is 8.41. The molecule has 2 heterocycles. The molecule has 2 aliphatic rings. The molecule has 0 amide bonds. The van der Waals surface area contributed by atoms with Gasteiger partial charge in [-0.25, -0.2) is 0 Å². The van der Waals surface area contributed by atoms with Gasteiger partial charge in [0, 0.05) is 57.5 Å². The smallest absolute Gasteiger partial charge is 0.378 e. The van der Waals surface area contributed by atoms with E-state index in [9.17, 15) is 13.2 Å². The molecule has 0 aromatic heterocycles. The Kier molecular flexibility index (Phi) is 10.3. The number of rotatable bonds is 5. The summed E-state index contributed by atoms with van der Waals surface area (Å²) < 4.78 is 46.6. The highest BCUT2D eigenvalue weighted by molar-refractivity contribution is 14.0. The zero-order valence-electron chi connectivity index (χ0n) is 19.0. The minimum atomic E-state index is -4.42. The van der Waals surface area contributed by atoms with Crippen LogP contribution in [0.25, 0.3) is 0 Å². The molecule has 0 aliphatic carbocycles. The highest BCUT2D eigenvalue weighted by atomic mass is 127. The zero-order valence-corrected chi connectivity index (χ0v) is 21.4. The van der Waals surface area contributed by atoms with Crippen molar-refractivity contribution >= 4 is 35.6 Å². The van der Waals surface area contributed by atoms with Crippen LogP contribution < -0.4 is 15.5 Å². The third-order valence-corrected chi connectivity index (χ3v) is 6.05. The van der Waals surface area contributed by atoms with E-state index in [1.54, 1.807) is 19.2 Å².